The number of nitrogens with one attached hydrogen (secondary N) is 2. The van der Waals surface area contributed by atoms with E-state index in [4.69, 9.17) is 9.47 Å². The van der Waals surface area contributed by atoms with Crippen molar-refractivity contribution < 1.29 is 28.2 Å². The third-order valence-electron chi connectivity index (χ3n) is 4.17. The van der Waals surface area contributed by atoms with E-state index in [1.165, 1.54) is 49.6 Å². The van der Waals surface area contributed by atoms with Crippen LogP contribution < -0.4 is 15.4 Å². The number of halogens is 1. The molecule has 0 heterocycles. The monoisotopic (exact) mass is 392 g/mol. The van der Waals surface area contributed by atoms with Crippen molar-refractivity contribution in [3.05, 3.63) is 41.7 Å². The molecule has 0 aromatic heterocycles. The van der Waals surface area contributed by atoms with Crippen LogP contribution in [0.1, 0.15) is 39.0 Å². The maximum absolute atomic E-state index is 12.8. The lowest BCUT2D eigenvalue weighted by Gasteiger charge is -2.14. The van der Waals surface area contributed by atoms with Crippen molar-refractivity contribution in [2.45, 2.75) is 45.1 Å². The molecule has 0 fully saturated rings. The van der Waals surface area contributed by atoms with Crippen LogP contribution in [0.25, 0.3) is 0 Å². The predicted molar refractivity (Wildman–Crippen MR) is 100 cm³/mol. The number of hydrogen-bond acceptors (Lipinski definition) is 5. The largest absolute Gasteiger partial charge is 0.479 e. The van der Waals surface area contributed by atoms with Gasteiger partial charge in [0, 0.05) is 6.54 Å². The smallest absolute Gasteiger partial charge is 0.347 e. The zero-order valence-electron chi connectivity index (χ0n) is 15.8. The second-order valence-electron chi connectivity index (χ2n) is 6.48. The van der Waals surface area contributed by atoms with Gasteiger partial charge in [0.2, 0.25) is 0 Å². The second kappa shape index (κ2) is 11.1. The van der Waals surface area contributed by atoms with E-state index in [0.29, 0.717) is 12.3 Å². The maximum atomic E-state index is 12.8. The van der Waals surface area contributed by atoms with Crippen molar-refractivity contribution in [1.29, 1.82) is 0 Å². The van der Waals surface area contributed by atoms with Crippen LogP contribution in [0, 0.1) is 5.82 Å². The molecule has 2 N–H and O–H groups in total. The minimum Gasteiger partial charge on any atom is -0.479 e. The molecule has 1 aromatic carbocycles. The summed E-state index contributed by atoms with van der Waals surface area (Å²) in [5, 5.41) is 4.70. The number of rotatable bonds is 8. The second-order valence-corrected chi connectivity index (χ2v) is 6.48. The van der Waals surface area contributed by atoms with Gasteiger partial charge in [0.25, 0.3) is 5.91 Å². The first-order valence-corrected chi connectivity index (χ1v) is 9.28. The highest BCUT2D eigenvalue weighted by Crippen LogP contribution is 2.19. The van der Waals surface area contributed by atoms with E-state index in [9.17, 15) is 18.8 Å². The fraction of sp³-hybridized carbons (Fsp3) is 0.450. The van der Waals surface area contributed by atoms with E-state index in [-0.39, 0.29) is 0 Å². The van der Waals surface area contributed by atoms with Gasteiger partial charge in [0.05, 0.1) is 0 Å². The van der Waals surface area contributed by atoms with Crippen LogP contribution >= 0.6 is 0 Å². The molecule has 1 aliphatic rings. The van der Waals surface area contributed by atoms with Crippen LogP contribution in [-0.2, 0) is 14.3 Å². The van der Waals surface area contributed by atoms with Crippen LogP contribution in [0.5, 0.6) is 5.75 Å². The minimum absolute atomic E-state index is 0.294. The molecule has 2 rings (SSSR count). The Bertz CT molecular complexity index is 718. The Hall–Kier alpha value is -2.90. The Kier molecular flexibility index (Phi) is 8.45. The van der Waals surface area contributed by atoms with E-state index < -0.39 is 36.4 Å². The highest BCUT2D eigenvalue weighted by atomic mass is 19.1. The number of hydrogen-bond donors (Lipinski definition) is 2. The fourth-order valence-electron chi connectivity index (χ4n) is 2.69. The molecule has 0 radical (unpaired) electrons. The molecule has 0 unspecified atom stereocenters. The quantitative estimate of drug-likeness (QED) is 0.524. The number of imide groups is 1. The molecule has 1 atom stereocenters. The number of amides is 3. The number of carbonyl (C=O) groups excluding carboxylic acids is 3. The summed E-state index contributed by atoms with van der Waals surface area (Å²) < 4.78 is 23.0. The molecular formula is C20H25FN2O5. The molecule has 1 aromatic rings. The van der Waals surface area contributed by atoms with Gasteiger partial charge in [0.15, 0.2) is 12.7 Å². The number of allylic oxidation sites excluding steroid dienone is 1. The standard InChI is InChI=1S/C20H25FN2O5/c1-14(28-17-9-7-16(21)8-10-17)19(25)27-13-18(24)23-20(26)22-12-11-15-5-3-2-4-6-15/h5,7-10,14H,2-4,6,11-13H2,1H3,(H2,22,23,24,26)/t14-/m0/s1. The Labute approximate surface area is 163 Å². The van der Waals surface area contributed by atoms with Crippen LogP contribution in [0.15, 0.2) is 35.9 Å². The summed E-state index contributed by atoms with van der Waals surface area (Å²) in [6.07, 6.45) is 6.47. The highest BCUT2D eigenvalue weighted by molar-refractivity contribution is 5.95. The van der Waals surface area contributed by atoms with Crippen molar-refractivity contribution in [3.8, 4) is 5.75 Å². The summed E-state index contributed by atoms with van der Waals surface area (Å²) >= 11 is 0. The van der Waals surface area contributed by atoms with Crippen LogP contribution in [0.4, 0.5) is 9.18 Å². The Balaban J connectivity index is 1.62. The Morgan fingerprint density at radius 3 is 2.61 bits per heavy atom. The van der Waals surface area contributed by atoms with Gasteiger partial charge < -0.3 is 14.8 Å². The number of carbonyl (C=O) groups is 3. The molecule has 7 nitrogen and oxygen atoms in total. The Morgan fingerprint density at radius 1 is 1.18 bits per heavy atom. The van der Waals surface area contributed by atoms with Gasteiger partial charge in [-0.25, -0.2) is 14.0 Å². The number of benzene rings is 1. The van der Waals surface area contributed by atoms with Gasteiger partial charge in [0.1, 0.15) is 11.6 Å². The molecule has 28 heavy (non-hydrogen) atoms. The lowest BCUT2D eigenvalue weighted by atomic mass is 9.97. The summed E-state index contributed by atoms with van der Waals surface area (Å²) in [6.45, 7) is 1.28. The van der Waals surface area contributed by atoms with Crippen molar-refractivity contribution in [2.75, 3.05) is 13.2 Å². The van der Waals surface area contributed by atoms with Crippen molar-refractivity contribution >= 4 is 17.9 Å². The zero-order chi connectivity index (χ0) is 20.4. The van der Waals surface area contributed by atoms with Crippen molar-refractivity contribution in [1.82, 2.24) is 10.6 Å². The average molecular weight is 392 g/mol. The number of ether oxygens (including phenoxy) is 2. The normalized spacial score (nSPS) is 14.4. The summed E-state index contributed by atoms with van der Waals surface area (Å²) in [6, 6.07) is 4.51. The molecule has 0 saturated heterocycles. The van der Waals surface area contributed by atoms with E-state index in [2.05, 4.69) is 16.7 Å². The van der Waals surface area contributed by atoms with E-state index in [1.54, 1.807) is 0 Å². The van der Waals surface area contributed by atoms with Gasteiger partial charge in [-0.3, -0.25) is 10.1 Å². The predicted octanol–water partition coefficient (Wildman–Crippen LogP) is 2.85. The van der Waals surface area contributed by atoms with Gasteiger partial charge >= 0.3 is 12.0 Å². The first kappa shape index (κ1) is 21.4. The molecule has 152 valence electrons. The molecule has 3 amide bonds. The van der Waals surface area contributed by atoms with Gasteiger partial charge in [-0.05, 0) is 63.3 Å². The summed E-state index contributed by atoms with van der Waals surface area (Å²) in [4.78, 5) is 35.2. The fourth-order valence-corrected chi connectivity index (χ4v) is 2.69. The summed E-state index contributed by atoms with van der Waals surface area (Å²) in [5.41, 5.74) is 1.32. The third kappa shape index (κ3) is 7.77. The lowest BCUT2D eigenvalue weighted by molar-refractivity contribution is -0.154. The molecular weight excluding hydrogens is 367 g/mol. The Morgan fingerprint density at radius 2 is 1.93 bits per heavy atom. The van der Waals surface area contributed by atoms with E-state index >= 15 is 0 Å². The minimum atomic E-state index is -0.990. The van der Waals surface area contributed by atoms with Crippen molar-refractivity contribution in [3.63, 3.8) is 0 Å². The first-order valence-electron chi connectivity index (χ1n) is 9.28. The topological polar surface area (TPSA) is 93.7 Å². The highest BCUT2D eigenvalue weighted by Gasteiger charge is 2.18. The lowest BCUT2D eigenvalue weighted by Crippen LogP contribution is -2.42. The van der Waals surface area contributed by atoms with Gasteiger partial charge in [-0.2, -0.15) is 0 Å². The molecule has 0 spiro atoms. The van der Waals surface area contributed by atoms with Crippen LogP contribution in [0.3, 0.4) is 0 Å². The molecule has 8 heteroatoms. The maximum Gasteiger partial charge on any atom is 0.347 e. The molecule has 0 saturated carbocycles. The average Bonchev–Trinajstić information content (AvgIpc) is 2.68. The number of urea groups is 1. The molecule has 1 aliphatic carbocycles. The van der Waals surface area contributed by atoms with Crippen molar-refractivity contribution in [2.24, 2.45) is 0 Å². The summed E-state index contributed by atoms with van der Waals surface area (Å²) in [5.74, 6) is -1.64. The van der Waals surface area contributed by atoms with Crippen LogP contribution in [0.2, 0.25) is 0 Å². The van der Waals surface area contributed by atoms with Crippen LogP contribution in [-0.4, -0.2) is 37.2 Å². The van der Waals surface area contributed by atoms with E-state index in [0.717, 1.165) is 19.3 Å². The van der Waals surface area contributed by atoms with Gasteiger partial charge in [-0.1, -0.05) is 11.6 Å². The third-order valence-corrected chi connectivity index (χ3v) is 4.17. The van der Waals surface area contributed by atoms with E-state index in [1.807, 2.05) is 0 Å². The first-order chi connectivity index (χ1) is 13.4. The van der Waals surface area contributed by atoms with Gasteiger partial charge in [-0.15, -0.1) is 0 Å². The summed E-state index contributed by atoms with van der Waals surface area (Å²) in [7, 11) is 0. The number of esters is 1. The molecule has 0 bridgehead atoms. The zero-order valence-corrected chi connectivity index (χ0v) is 15.8. The SMILES string of the molecule is C[C@H](Oc1ccc(F)cc1)C(=O)OCC(=O)NC(=O)NCCC1=CCCCC1. The molecule has 0 aliphatic heterocycles.